The molecule has 2 aromatic carbocycles. The number of alkyl halides is 3. The Kier molecular flexibility index (Phi) is 4.92. The molecule has 1 aliphatic rings. The second-order valence-corrected chi connectivity index (χ2v) is 7.82. The Labute approximate surface area is 181 Å². The lowest BCUT2D eigenvalue weighted by Gasteiger charge is -2.25. The molecule has 1 saturated heterocycles. The van der Waals surface area contributed by atoms with Gasteiger partial charge in [0.15, 0.2) is 0 Å². The van der Waals surface area contributed by atoms with Crippen LogP contribution in [0.5, 0.6) is 0 Å². The van der Waals surface area contributed by atoms with Gasteiger partial charge in [-0.2, -0.15) is 13.2 Å². The van der Waals surface area contributed by atoms with Gasteiger partial charge in [0.1, 0.15) is 0 Å². The second kappa shape index (κ2) is 7.78. The Bertz CT molecular complexity index is 1300. The van der Waals surface area contributed by atoms with Crippen molar-refractivity contribution in [3.63, 3.8) is 0 Å². The highest BCUT2D eigenvalue weighted by atomic mass is 19.4. The lowest BCUT2D eigenvalue weighted by Crippen LogP contribution is -2.31. The average Bonchev–Trinajstić information content (AvgIpc) is 3.47. The van der Waals surface area contributed by atoms with Crippen LogP contribution in [-0.2, 0) is 6.18 Å². The third-order valence-corrected chi connectivity index (χ3v) is 5.78. The van der Waals surface area contributed by atoms with Gasteiger partial charge in [-0.05, 0) is 55.3 Å². The van der Waals surface area contributed by atoms with Crippen molar-refractivity contribution >= 4 is 16.9 Å². The van der Waals surface area contributed by atoms with Crippen molar-refractivity contribution in [1.29, 1.82) is 0 Å². The summed E-state index contributed by atoms with van der Waals surface area (Å²) in [4.78, 5) is 26.9. The number of H-pyrrole nitrogens is 1. The van der Waals surface area contributed by atoms with Gasteiger partial charge in [-0.15, -0.1) is 0 Å². The van der Waals surface area contributed by atoms with E-state index in [9.17, 15) is 18.0 Å². The quantitative estimate of drug-likeness (QED) is 0.453. The SMILES string of the molecule is O=C(c1ccc2nc[nH]c2c1)N1CCCC1c1cccc(-c2cccc(C(F)(F)F)c2)n1. The summed E-state index contributed by atoms with van der Waals surface area (Å²) in [6, 6.07) is 15.5. The fourth-order valence-corrected chi connectivity index (χ4v) is 4.20. The smallest absolute Gasteiger partial charge is 0.345 e. The molecule has 4 aromatic rings. The zero-order chi connectivity index (χ0) is 22.3. The highest BCUT2D eigenvalue weighted by Crippen LogP contribution is 2.35. The number of hydrogen-bond donors (Lipinski definition) is 1. The van der Waals surface area contributed by atoms with Gasteiger partial charge in [0.25, 0.3) is 5.91 Å². The van der Waals surface area contributed by atoms with Crippen molar-refractivity contribution in [3.05, 3.63) is 83.8 Å². The molecule has 3 heterocycles. The number of benzene rings is 2. The molecule has 5 rings (SSSR count). The van der Waals surface area contributed by atoms with Crippen LogP contribution in [0.3, 0.4) is 0 Å². The van der Waals surface area contributed by atoms with Gasteiger partial charge in [-0.1, -0.05) is 18.2 Å². The number of likely N-dealkylation sites (tertiary alicyclic amines) is 1. The van der Waals surface area contributed by atoms with Crippen LogP contribution in [0, 0.1) is 0 Å². The van der Waals surface area contributed by atoms with Crippen LogP contribution in [0.1, 0.15) is 40.5 Å². The molecule has 5 nitrogen and oxygen atoms in total. The fourth-order valence-electron chi connectivity index (χ4n) is 4.20. The van der Waals surface area contributed by atoms with E-state index in [0.717, 1.165) is 36.0 Å². The van der Waals surface area contributed by atoms with Crippen molar-refractivity contribution in [1.82, 2.24) is 19.9 Å². The third-order valence-electron chi connectivity index (χ3n) is 5.78. The summed E-state index contributed by atoms with van der Waals surface area (Å²) in [5, 5.41) is 0. The predicted molar refractivity (Wildman–Crippen MR) is 114 cm³/mol. The zero-order valence-electron chi connectivity index (χ0n) is 16.9. The highest BCUT2D eigenvalue weighted by Gasteiger charge is 2.33. The molecule has 1 unspecified atom stereocenters. The van der Waals surface area contributed by atoms with Crippen LogP contribution < -0.4 is 0 Å². The van der Waals surface area contributed by atoms with Crippen molar-refractivity contribution in [2.45, 2.75) is 25.1 Å². The van der Waals surface area contributed by atoms with Crippen molar-refractivity contribution in [3.8, 4) is 11.3 Å². The summed E-state index contributed by atoms with van der Waals surface area (Å²) in [5.74, 6) is -0.102. The molecule has 32 heavy (non-hydrogen) atoms. The fraction of sp³-hybridized carbons (Fsp3) is 0.208. The first-order valence-corrected chi connectivity index (χ1v) is 10.3. The molecule has 0 aliphatic carbocycles. The lowest BCUT2D eigenvalue weighted by molar-refractivity contribution is -0.137. The number of carbonyl (C=O) groups is 1. The van der Waals surface area contributed by atoms with E-state index in [2.05, 4.69) is 15.0 Å². The number of fused-ring (bicyclic) bond motifs is 1. The number of pyridine rings is 1. The van der Waals surface area contributed by atoms with Gasteiger partial charge in [0.2, 0.25) is 0 Å². The van der Waals surface area contributed by atoms with E-state index in [-0.39, 0.29) is 11.9 Å². The first-order chi connectivity index (χ1) is 15.4. The van der Waals surface area contributed by atoms with E-state index in [1.165, 1.54) is 6.07 Å². The standard InChI is InChI=1S/C24H19F3N4O/c25-24(26,27)17-5-1-4-15(12-17)18-6-2-7-20(30-18)22-8-3-11-31(22)23(32)16-9-10-19-21(13-16)29-14-28-19/h1-2,4-7,9-10,12-14,22H,3,8,11H2,(H,28,29). The summed E-state index contributed by atoms with van der Waals surface area (Å²) in [7, 11) is 0. The Morgan fingerprint density at radius 3 is 2.75 bits per heavy atom. The van der Waals surface area contributed by atoms with Crippen LogP contribution in [-0.4, -0.2) is 32.3 Å². The number of aromatic nitrogens is 3. The molecule has 0 bridgehead atoms. The van der Waals surface area contributed by atoms with Crippen LogP contribution in [0.2, 0.25) is 0 Å². The number of nitrogens with one attached hydrogen (secondary N) is 1. The lowest BCUT2D eigenvalue weighted by atomic mass is 10.0. The topological polar surface area (TPSA) is 61.9 Å². The molecular formula is C24H19F3N4O. The Balaban J connectivity index is 1.45. The summed E-state index contributed by atoms with van der Waals surface area (Å²) in [6.07, 6.45) is -1.26. The molecule has 0 radical (unpaired) electrons. The molecule has 1 amide bonds. The van der Waals surface area contributed by atoms with Crippen LogP contribution in [0.15, 0.2) is 67.0 Å². The molecule has 1 fully saturated rings. The van der Waals surface area contributed by atoms with Crippen molar-refractivity contribution < 1.29 is 18.0 Å². The van der Waals surface area contributed by atoms with Gasteiger partial charge in [0, 0.05) is 17.7 Å². The van der Waals surface area contributed by atoms with E-state index in [1.807, 2.05) is 6.07 Å². The van der Waals surface area contributed by atoms with E-state index in [0.29, 0.717) is 29.1 Å². The number of nitrogens with zero attached hydrogens (tertiary/aromatic N) is 3. The average molecular weight is 436 g/mol. The van der Waals surface area contributed by atoms with E-state index in [4.69, 9.17) is 0 Å². The zero-order valence-corrected chi connectivity index (χ0v) is 16.9. The first kappa shape index (κ1) is 20.2. The normalized spacial score (nSPS) is 16.6. The summed E-state index contributed by atoms with van der Waals surface area (Å²) in [5.41, 5.74) is 2.94. The van der Waals surface area contributed by atoms with Crippen LogP contribution >= 0.6 is 0 Å². The number of amides is 1. The van der Waals surface area contributed by atoms with Gasteiger partial charge < -0.3 is 9.88 Å². The molecule has 0 spiro atoms. The third kappa shape index (κ3) is 3.72. The number of aromatic amines is 1. The molecular weight excluding hydrogens is 417 g/mol. The van der Waals surface area contributed by atoms with Gasteiger partial charge in [0.05, 0.1) is 40.4 Å². The highest BCUT2D eigenvalue weighted by molar-refractivity contribution is 5.97. The largest absolute Gasteiger partial charge is 0.416 e. The minimum atomic E-state index is -4.42. The molecule has 1 atom stereocenters. The predicted octanol–water partition coefficient (Wildman–Crippen LogP) is 5.62. The summed E-state index contributed by atoms with van der Waals surface area (Å²) in [6.45, 7) is 0.597. The monoisotopic (exact) mass is 436 g/mol. The number of carbonyl (C=O) groups excluding carboxylic acids is 1. The summed E-state index contributed by atoms with van der Waals surface area (Å²) < 4.78 is 39.3. The molecule has 162 valence electrons. The van der Waals surface area contributed by atoms with Gasteiger partial charge in [-0.25, -0.2) is 4.98 Å². The summed E-state index contributed by atoms with van der Waals surface area (Å²) >= 11 is 0. The molecule has 0 saturated carbocycles. The second-order valence-electron chi connectivity index (χ2n) is 7.82. The van der Waals surface area contributed by atoms with Gasteiger partial charge in [-0.3, -0.25) is 9.78 Å². The van der Waals surface area contributed by atoms with E-state index >= 15 is 0 Å². The number of rotatable bonds is 3. The molecule has 1 N–H and O–H groups in total. The minimum Gasteiger partial charge on any atom is -0.345 e. The first-order valence-electron chi connectivity index (χ1n) is 10.3. The number of imidazole rings is 1. The Morgan fingerprint density at radius 2 is 1.91 bits per heavy atom. The maximum absolute atomic E-state index is 13.2. The minimum absolute atomic E-state index is 0.102. The van der Waals surface area contributed by atoms with Crippen LogP contribution in [0.4, 0.5) is 13.2 Å². The van der Waals surface area contributed by atoms with Crippen LogP contribution in [0.25, 0.3) is 22.3 Å². The molecule has 1 aliphatic heterocycles. The Hall–Kier alpha value is -3.68. The molecule has 2 aromatic heterocycles. The maximum atomic E-state index is 13.2. The van der Waals surface area contributed by atoms with Gasteiger partial charge >= 0.3 is 6.18 Å². The number of halogens is 3. The number of hydrogen-bond acceptors (Lipinski definition) is 3. The maximum Gasteiger partial charge on any atom is 0.416 e. The van der Waals surface area contributed by atoms with E-state index in [1.54, 1.807) is 47.6 Å². The Morgan fingerprint density at radius 1 is 1.06 bits per heavy atom. The van der Waals surface area contributed by atoms with Crippen molar-refractivity contribution in [2.24, 2.45) is 0 Å². The molecule has 8 heteroatoms. The van der Waals surface area contributed by atoms with E-state index < -0.39 is 11.7 Å². The van der Waals surface area contributed by atoms with Crippen molar-refractivity contribution in [2.75, 3.05) is 6.54 Å².